The minimum absolute atomic E-state index is 0.215. The van der Waals surface area contributed by atoms with E-state index in [-0.39, 0.29) is 12.0 Å². The van der Waals surface area contributed by atoms with Gasteiger partial charge in [0.15, 0.2) is 0 Å². The molecule has 3 atom stereocenters. The molecule has 4 N–H and O–H groups in total. The van der Waals surface area contributed by atoms with Gasteiger partial charge in [-0.25, -0.2) is 0 Å². The lowest BCUT2D eigenvalue weighted by molar-refractivity contribution is 0.0880. The molecule has 2 rings (SSSR count). The molecule has 3 heteroatoms. The monoisotopic (exact) mass is 232 g/mol. The van der Waals surface area contributed by atoms with Crippen LogP contribution in [0.5, 0.6) is 0 Å². The molecule has 0 saturated carbocycles. The lowest BCUT2D eigenvalue weighted by Gasteiger charge is -2.24. The smallest absolute Gasteiger partial charge is 0.0758 e. The lowest BCUT2D eigenvalue weighted by Crippen LogP contribution is -2.31. The van der Waals surface area contributed by atoms with Crippen LogP contribution in [0.25, 0.3) is 10.9 Å². The highest BCUT2D eigenvalue weighted by Crippen LogP contribution is 2.24. The third kappa shape index (κ3) is 2.35. The molecule has 0 aliphatic heterocycles. The van der Waals surface area contributed by atoms with Gasteiger partial charge < -0.3 is 15.8 Å². The molecule has 0 radical (unpaired) electrons. The number of nitrogens with two attached hydrogens (primary N) is 1. The van der Waals surface area contributed by atoms with Gasteiger partial charge in [-0.15, -0.1) is 0 Å². The van der Waals surface area contributed by atoms with E-state index in [1.807, 2.05) is 37.4 Å². The molecule has 1 aromatic carbocycles. The van der Waals surface area contributed by atoms with Gasteiger partial charge in [0.1, 0.15) is 0 Å². The summed E-state index contributed by atoms with van der Waals surface area (Å²) in [6, 6.07) is 7.73. The fourth-order valence-corrected chi connectivity index (χ4v) is 2.07. The average molecular weight is 232 g/mol. The van der Waals surface area contributed by atoms with Crippen LogP contribution in [0.1, 0.15) is 31.9 Å². The fraction of sp³-hybridized carbons (Fsp3) is 0.429. The number of aliphatic hydroxyl groups excluding tert-OH is 1. The van der Waals surface area contributed by atoms with Crippen LogP contribution < -0.4 is 5.73 Å². The minimum Gasteiger partial charge on any atom is -0.391 e. The van der Waals surface area contributed by atoms with Gasteiger partial charge in [0.25, 0.3) is 0 Å². The van der Waals surface area contributed by atoms with E-state index in [1.165, 1.54) is 0 Å². The molecule has 0 spiro atoms. The first-order chi connectivity index (χ1) is 8.13. The van der Waals surface area contributed by atoms with E-state index in [4.69, 9.17) is 5.73 Å². The topological polar surface area (TPSA) is 62.0 Å². The highest BCUT2D eigenvalue weighted by atomic mass is 16.3. The van der Waals surface area contributed by atoms with Crippen molar-refractivity contribution in [2.45, 2.75) is 32.4 Å². The van der Waals surface area contributed by atoms with E-state index in [0.717, 1.165) is 22.9 Å². The predicted molar refractivity (Wildman–Crippen MR) is 70.7 cm³/mol. The van der Waals surface area contributed by atoms with Gasteiger partial charge in [-0.1, -0.05) is 26.3 Å². The number of benzene rings is 1. The Kier molecular flexibility index (Phi) is 3.50. The van der Waals surface area contributed by atoms with Crippen LogP contribution in [0.4, 0.5) is 0 Å². The number of rotatable bonds is 4. The first-order valence-electron chi connectivity index (χ1n) is 6.14. The summed E-state index contributed by atoms with van der Waals surface area (Å²) in [5.41, 5.74) is 8.20. The molecule has 0 aliphatic rings. The molecule has 1 unspecified atom stereocenters. The Morgan fingerprint density at radius 1 is 1.35 bits per heavy atom. The molecule has 0 saturated heterocycles. The number of hydrogen-bond donors (Lipinski definition) is 3. The molecule has 2 aromatic rings. The quantitative estimate of drug-likeness (QED) is 0.758. The summed E-state index contributed by atoms with van der Waals surface area (Å²) in [5, 5.41) is 11.3. The van der Waals surface area contributed by atoms with Gasteiger partial charge in [0, 0.05) is 11.7 Å². The Hall–Kier alpha value is -1.32. The van der Waals surface area contributed by atoms with Crippen LogP contribution in [0, 0.1) is 5.92 Å². The molecular formula is C14H20N2O. The maximum absolute atomic E-state index is 10.1. The number of H-pyrrole nitrogens is 1. The molecule has 17 heavy (non-hydrogen) atoms. The molecule has 0 aliphatic carbocycles. The van der Waals surface area contributed by atoms with Crippen molar-refractivity contribution in [2.24, 2.45) is 11.7 Å². The number of aromatic amines is 1. The zero-order chi connectivity index (χ0) is 12.4. The van der Waals surface area contributed by atoms with E-state index in [1.54, 1.807) is 0 Å². The van der Waals surface area contributed by atoms with Gasteiger partial charge in [0.05, 0.1) is 12.1 Å². The number of aliphatic hydroxyl groups is 1. The maximum Gasteiger partial charge on any atom is 0.0758 e. The number of fused-ring (bicyclic) bond motifs is 1. The Morgan fingerprint density at radius 3 is 2.82 bits per heavy atom. The zero-order valence-electron chi connectivity index (χ0n) is 10.4. The highest BCUT2D eigenvalue weighted by molar-refractivity contribution is 5.80. The summed E-state index contributed by atoms with van der Waals surface area (Å²) in [6.07, 6.45) is 2.35. The first kappa shape index (κ1) is 12.1. The summed E-state index contributed by atoms with van der Waals surface area (Å²) in [7, 11) is 0. The number of nitrogens with one attached hydrogen (secondary N) is 1. The molecular weight excluding hydrogens is 212 g/mol. The van der Waals surface area contributed by atoms with Gasteiger partial charge in [0.2, 0.25) is 0 Å². The van der Waals surface area contributed by atoms with E-state index in [0.29, 0.717) is 0 Å². The third-order valence-corrected chi connectivity index (χ3v) is 3.56. The fourth-order valence-electron chi connectivity index (χ4n) is 2.07. The van der Waals surface area contributed by atoms with E-state index in [9.17, 15) is 5.11 Å². The maximum atomic E-state index is 10.1. The SMILES string of the molecule is CCC(C)[C@H](O)[C@H](N)c1ccc2[nH]ccc2c1. The van der Waals surface area contributed by atoms with Crippen molar-refractivity contribution in [3.63, 3.8) is 0 Å². The summed E-state index contributed by atoms with van der Waals surface area (Å²) < 4.78 is 0. The second-order valence-corrected chi connectivity index (χ2v) is 4.73. The minimum atomic E-state index is -0.489. The van der Waals surface area contributed by atoms with Crippen molar-refractivity contribution in [1.29, 1.82) is 0 Å². The average Bonchev–Trinajstić information content (AvgIpc) is 2.83. The predicted octanol–water partition coefficient (Wildman–Crippen LogP) is 2.57. The van der Waals surface area contributed by atoms with Gasteiger partial charge >= 0.3 is 0 Å². The number of hydrogen-bond acceptors (Lipinski definition) is 2. The van der Waals surface area contributed by atoms with E-state index in [2.05, 4.69) is 11.9 Å². The van der Waals surface area contributed by atoms with Crippen LogP contribution in [-0.2, 0) is 0 Å². The van der Waals surface area contributed by atoms with Crippen LogP contribution in [0.15, 0.2) is 30.5 Å². The number of aromatic nitrogens is 1. The van der Waals surface area contributed by atoms with Crippen molar-refractivity contribution in [2.75, 3.05) is 0 Å². The van der Waals surface area contributed by atoms with E-state index < -0.39 is 6.10 Å². The third-order valence-electron chi connectivity index (χ3n) is 3.56. The van der Waals surface area contributed by atoms with Crippen molar-refractivity contribution < 1.29 is 5.11 Å². The van der Waals surface area contributed by atoms with Crippen molar-refractivity contribution in [3.05, 3.63) is 36.0 Å². The summed E-state index contributed by atoms with van der Waals surface area (Å²) >= 11 is 0. The largest absolute Gasteiger partial charge is 0.391 e. The van der Waals surface area contributed by atoms with Crippen LogP contribution >= 0.6 is 0 Å². The molecule has 3 nitrogen and oxygen atoms in total. The highest BCUT2D eigenvalue weighted by Gasteiger charge is 2.21. The Balaban J connectivity index is 2.26. The Morgan fingerprint density at radius 2 is 2.12 bits per heavy atom. The standard InChI is InChI=1S/C14H20N2O/c1-3-9(2)14(17)13(15)11-4-5-12-10(8-11)6-7-16-12/h4-9,13-14,16-17H,3,15H2,1-2H3/t9?,13-,14+/m1/s1. The molecule has 1 heterocycles. The van der Waals surface area contributed by atoms with Crippen molar-refractivity contribution >= 4 is 10.9 Å². The normalized spacial score (nSPS) is 16.9. The van der Waals surface area contributed by atoms with Gasteiger partial charge in [-0.2, -0.15) is 0 Å². The lowest BCUT2D eigenvalue weighted by atomic mass is 9.91. The summed E-state index contributed by atoms with van der Waals surface area (Å²) in [6.45, 7) is 4.09. The van der Waals surface area contributed by atoms with Gasteiger partial charge in [-0.05, 0) is 35.1 Å². The molecule has 1 aromatic heterocycles. The molecule has 0 fully saturated rings. The second kappa shape index (κ2) is 4.90. The molecule has 92 valence electrons. The zero-order valence-corrected chi connectivity index (χ0v) is 10.4. The summed E-state index contributed by atoms with van der Waals surface area (Å²) in [4.78, 5) is 3.15. The van der Waals surface area contributed by atoms with Crippen molar-refractivity contribution in [1.82, 2.24) is 4.98 Å². The van der Waals surface area contributed by atoms with Crippen molar-refractivity contribution in [3.8, 4) is 0 Å². The van der Waals surface area contributed by atoms with E-state index >= 15 is 0 Å². The van der Waals surface area contributed by atoms with Crippen LogP contribution in [-0.4, -0.2) is 16.2 Å². The second-order valence-electron chi connectivity index (χ2n) is 4.73. The molecule has 0 bridgehead atoms. The first-order valence-corrected chi connectivity index (χ1v) is 6.14. The molecule has 0 amide bonds. The van der Waals surface area contributed by atoms with Gasteiger partial charge in [-0.3, -0.25) is 0 Å². The van der Waals surface area contributed by atoms with Crippen LogP contribution in [0.3, 0.4) is 0 Å². The van der Waals surface area contributed by atoms with Crippen LogP contribution in [0.2, 0.25) is 0 Å². The Labute approximate surface area is 102 Å². The Bertz CT molecular complexity index is 492. The summed E-state index contributed by atoms with van der Waals surface area (Å²) in [5.74, 6) is 0.215.